The van der Waals surface area contributed by atoms with E-state index in [-0.39, 0.29) is 12.2 Å². The number of carbonyl (C=O) groups excluding carboxylic acids is 1. The number of Topliss-reactive ketones (excluding diaryl/α,β-unsaturated/α-hetero) is 1. The molecule has 0 amide bonds. The molecule has 0 spiro atoms. The molecule has 0 saturated heterocycles. The number of hydrogen-bond acceptors (Lipinski definition) is 5. The lowest BCUT2D eigenvalue weighted by Gasteiger charge is -2.17. The highest BCUT2D eigenvalue weighted by atomic mass is 35.5. The molecule has 0 N–H and O–H groups in total. The Bertz CT molecular complexity index is 1060. The number of aryl methyl sites for hydroxylation is 1. The van der Waals surface area contributed by atoms with Crippen molar-refractivity contribution in [1.82, 2.24) is 4.98 Å². The fraction of sp³-hybridized carbons (Fsp3) is 0.250. The molecule has 0 aliphatic rings. The van der Waals surface area contributed by atoms with Crippen LogP contribution in [0.25, 0.3) is 0 Å². The van der Waals surface area contributed by atoms with E-state index in [9.17, 15) is 4.79 Å². The summed E-state index contributed by atoms with van der Waals surface area (Å²) in [6, 6.07) is 11.5. The number of nitrogens with zero attached hydrogens (tertiary/aromatic N) is 1. The average molecular weight is 460 g/mol. The first-order valence-corrected chi connectivity index (χ1v) is 10.4. The average Bonchev–Trinajstić information content (AvgIpc) is 2.75. The van der Waals surface area contributed by atoms with Crippen LogP contribution in [0.4, 0.5) is 0 Å². The summed E-state index contributed by atoms with van der Waals surface area (Å²) in [7, 11) is 3.04. The van der Waals surface area contributed by atoms with Crippen molar-refractivity contribution in [1.29, 1.82) is 0 Å². The van der Waals surface area contributed by atoms with Gasteiger partial charge in [-0.2, -0.15) is 0 Å². The van der Waals surface area contributed by atoms with Crippen LogP contribution in [0, 0.1) is 6.92 Å². The number of hydrogen-bond donors (Lipinski definition) is 0. The highest BCUT2D eigenvalue weighted by Crippen LogP contribution is 2.41. The van der Waals surface area contributed by atoms with Gasteiger partial charge >= 0.3 is 0 Å². The number of carbonyl (C=O) groups is 1. The Kier molecular flexibility index (Phi) is 7.77. The van der Waals surface area contributed by atoms with Gasteiger partial charge in [-0.05, 0) is 24.6 Å². The summed E-state index contributed by atoms with van der Waals surface area (Å²) in [5.41, 5.74) is 3.21. The molecule has 0 unspecified atom stereocenters. The number of rotatable bonds is 9. The van der Waals surface area contributed by atoms with Crippen LogP contribution >= 0.6 is 23.2 Å². The summed E-state index contributed by atoms with van der Waals surface area (Å²) < 4.78 is 17.0. The number of ketones is 1. The van der Waals surface area contributed by atoms with Crippen molar-refractivity contribution in [3.05, 3.63) is 81.1 Å². The van der Waals surface area contributed by atoms with E-state index in [1.54, 1.807) is 12.1 Å². The van der Waals surface area contributed by atoms with Crippen molar-refractivity contribution in [2.45, 2.75) is 19.8 Å². The van der Waals surface area contributed by atoms with Gasteiger partial charge in [-0.25, -0.2) is 0 Å². The molecule has 0 aliphatic carbocycles. The minimum atomic E-state index is -0.207. The number of pyridine rings is 1. The van der Waals surface area contributed by atoms with Crippen LogP contribution in [-0.4, -0.2) is 31.6 Å². The predicted octanol–water partition coefficient (Wildman–Crippen LogP) is 5.76. The third kappa shape index (κ3) is 5.49. The molecule has 0 radical (unpaired) electrons. The van der Waals surface area contributed by atoms with Gasteiger partial charge in [-0.15, -0.1) is 0 Å². The van der Waals surface area contributed by atoms with Gasteiger partial charge in [0.2, 0.25) is 5.75 Å². The van der Waals surface area contributed by atoms with Crippen LogP contribution in [0.3, 0.4) is 0 Å². The minimum absolute atomic E-state index is 0.00388. The number of methoxy groups -OCH3 is 2. The highest BCUT2D eigenvalue weighted by Gasteiger charge is 2.23. The number of aromatic nitrogens is 1. The highest BCUT2D eigenvalue weighted by molar-refractivity contribution is 6.36. The second-order valence-corrected chi connectivity index (χ2v) is 7.76. The van der Waals surface area contributed by atoms with E-state index in [0.29, 0.717) is 51.4 Å². The molecule has 0 saturated carbocycles. The molecular weight excluding hydrogens is 437 g/mol. The summed E-state index contributed by atoms with van der Waals surface area (Å²) >= 11 is 12.4. The minimum Gasteiger partial charge on any atom is -0.493 e. The normalized spacial score (nSPS) is 10.6. The Morgan fingerprint density at radius 3 is 2.39 bits per heavy atom. The molecule has 3 rings (SSSR count). The Labute approximate surface area is 191 Å². The van der Waals surface area contributed by atoms with E-state index in [4.69, 9.17) is 37.4 Å². The standard InChI is InChI=1S/C24H23Cl2NO4/c1-15-5-4-6-16(11-15)9-10-31-23-17(7-8-22(29-2)24(23)30-3)21(28)12-18-19(25)13-27-14-20(18)26/h4-8,11,13-14H,9-10,12H2,1-3H3. The Morgan fingerprint density at radius 1 is 1.00 bits per heavy atom. The van der Waals surface area contributed by atoms with Crippen LogP contribution in [0.15, 0.2) is 48.8 Å². The van der Waals surface area contributed by atoms with Crippen LogP contribution in [-0.2, 0) is 12.8 Å². The summed E-state index contributed by atoms with van der Waals surface area (Å²) in [5.74, 6) is 0.969. The molecule has 1 heterocycles. The molecule has 1 aromatic heterocycles. The zero-order valence-electron chi connectivity index (χ0n) is 17.6. The number of benzene rings is 2. The van der Waals surface area contributed by atoms with Crippen molar-refractivity contribution in [2.75, 3.05) is 20.8 Å². The summed E-state index contributed by atoms with van der Waals surface area (Å²) in [4.78, 5) is 17.1. The summed E-state index contributed by atoms with van der Waals surface area (Å²) in [6.07, 6.45) is 3.61. The van der Waals surface area contributed by atoms with Crippen molar-refractivity contribution in [3.8, 4) is 17.2 Å². The molecule has 5 nitrogen and oxygen atoms in total. The molecule has 162 valence electrons. The van der Waals surface area contributed by atoms with Gasteiger partial charge in [0.05, 0.1) is 36.4 Å². The molecule has 0 bridgehead atoms. The predicted molar refractivity (Wildman–Crippen MR) is 122 cm³/mol. The third-order valence-electron chi connectivity index (χ3n) is 4.81. The third-order valence-corrected chi connectivity index (χ3v) is 5.46. The van der Waals surface area contributed by atoms with E-state index < -0.39 is 0 Å². The lowest BCUT2D eigenvalue weighted by Crippen LogP contribution is -2.11. The van der Waals surface area contributed by atoms with E-state index in [1.165, 1.54) is 32.2 Å². The van der Waals surface area contributed by atoms with Crippen LogP contribution in [0.1, 0.15) is 27.0 Å². The van der Waals surface area contributed by atoms with Gasteiger partial charge in [0.25, 0.3) is 0 Å². The quantitative estimate of drug-likeness (QED) is 0.380. The smallest absolute Gasteiger partial charge is 0.204 e. The Morgan fingerprint density at radius 2 is 1.74 bits per heavy atom. The van der Waals surface area contributed by atoms with Gasteiger partial charge in [0.15, 0.2) is 17.3 Å². The first kappa shape index (κ1) is 22.9. The molecule has 31 heavy (non-hydrogen) atoms. The van der Waals surface area contributed by atoms with Gasteiger partial charge in [0.1, 0.15) is 0 Å². The first-order valence-electron chi connectivity index (χ1n) is 9.69. The second kappa shape index (κ2) is 10.5. The lowest BCUT2D eigenvalue weighted by molar-refractivity contribution is 0.0988. The molecular formula is C24H23Cl2NO4. The SMILES string of the molecule is COc1ccc(C(=O)Cc2c(Cl)cncc2Cl)c(OCCc2cccc(C)c2)c1OC. The molecule has 0 atom stereocenters. The maximum atomic E-state index is 13.2. The fourth-order valence-corrected chi connectivity index (χ4v) is 3.76. The molecule has 2 aromatic carbocycles. The Balaban J connectivity index is 1.89. The van der Waals surface area contributed by atoms with E-state index in [0.717, 1.165) is 5.56 Å². The van der Waals surface area contributed by atoms with Crippen molar-refractivity contribution in [3.63, 3.8) is 0 Å². The number of halogens is 2. The maximum absolute atomic E-state index is 13.2. The van der Waals surface area contributed by atoms with Gasteiger partial charge in [0, 0.05) is 30.8 Å². The number of ether oxygens (including phenoxy) is 3. The Hall–Kier alpha value is -2.76. The topological polar surface area (TPSA) is 57.7 Å². The van der Waals surface area contributed by atoms with Gasteiger partial charge in [-0.1, -0.05) is 53.0 Å². The van der Waals surface area contributed by atoms with Gasteiger partial charge < -0.3 is 14.2 Å². The zero-order valence-corrected chi connectivity index (χ0v) is 19.1. The molecule has 3 aromatic rings. The van der Waals surface area contributed by atoms with E-state index in [2.05, 4.69) is 11.1 Å². The van der Waals surface area contributed by atoms with Gasteiger partial charge in [-0.3, -0.25) is 9.78 Å². The van der Waals surface area contributed by atoms with Crippen molar-refractivity contribution < 1.29 is 19.0 Å². The summed E-state index contributed by atoms with van der Waals surface area (Å²) in [5, 5.41) is 0.673. The van der Waals surface area contributed by atoms with E-state index >= 15 is 0 Å². The fourth-order valence-electron chi connectivity index (χ4n) is 3.26. The van der Waals surface area contributed by atoms with Crippen LogP contribution < -0.4 is 14.2 Å². The monoisotopic (exact) mass is 459 g/mol. The van der Waals surface area contributed by atoms with Crippen LogP contribution in [0.5, 0.6) is 17.2 Å². The van der Waals surface area contributed by atoms with Crippen molar-refractivity contribution in [2.24, 2.45) is 0 Å². The largest absolute Gasteiger partial charge is 0.493 e. The van der Waals surface area contributed by atoms with Crippen LogP contribution in [0.2, 0.25) is 10.0 Å². The zero-order chi connectivity index (χ0) is 22.4. The molecule has 0 aliphatic heterocycles. The lowest BCUT2D eigenvalue weighted by atomic mass is 10.0. The maximum Gasteiger partial charge on any atom is 0.204 e. The first-order chi connectivity index (χ1) is 14.9. The summed E-state index contributed by atoms with van der Waals surface area (Å²) in [6.45, 7) is 2.41. The molecule has 0 fully saturated rings. The van der Waals surface area contributed by atoms with Crippen molar-refractivity contribution >= 4 is 29.0 Å². The second-order valence-electron chi connectivity index (χ2n) is 6.95. The van der Waals surface area contributed by atoms with E-state index in [1.807, 2.05) is 25.1 Å². The molecule has 7 heteroatoms.